The Balaban J connectivity index is 1.78. The number of benzene rings is 1. The molecule has 2 aliphatic heterocycles. The summed E-state index contributed by atoms with van der Waals surface area (Å²) in [6, 6.07) is 7.52. The summed E-state index contributed by atoms with van der Waals surface area (Å²) < 4.78 is 16.0. The van der Waals surface area contributed by atoms with E-state index in [9.17, 15) is 14.4 Å². The number of rotatable bonds is 7. The summed E-state index contributed by atoms with van der Waals surface area (Å²) in [5.41, 5.74) is 0.830. The molecule has 1 fully saturated rings. The summed E-state index contributed by atoms with van der Waals surface area (Å²) in [5.74, 6) is 0.437. The first-order valence-electron chi connectivity index (χ1n) is 11.7. The van der Waals surface area contributed by atoms with Crippen LogP contribution >= 0.6 is 0 Å². The average Bonchev–Trinajstić information content (AvgIpc) is 2.83. The molecule has 2 atom stereocenters. The Morgan fingerprint density at radius 1 is 1.18 bits per heavy atom. The predicted molar refractivity (Wildman–Crippen MR) is 126 cm³/mol. The van der Waals surface area contributed by atoms with Crippen molar-refractivity contribution >= 4 is 17.7 Å². The van der Waals surface area contributed by atoms with Crippen LogP contribution in [0.4, 0.5) is 0 Å². The third kappa shape index (κ3) is 7.30. The van der Waals surface area contributed by atoms with Gasteiger partial charge in [0, 0.05) is 52.4 Å². The minimum absolute atomic E-state index is 0.0142. The minimum atomic E-state index is -0.252. The van der Waals surface area contributed by atoms with Crippen LogP contribution in [-0.4, -0.2) is 87.7 Å². The molecular formula is C25H35N3O6. The van der Waals surface area contributed by atoms with Gasteiger partial charge in [-0.3, -0.25) is 14.4 Å². The Kier molecular flexibility index (Phi) is 9.90. The van der Waals surface area contributed by atoms with Crippen LogP contribution in [0.25, 0.3) is 0 Å². The maximum atomic E-state index is 13.2. The fourth-order valence-electron chi connectivity index (χ4n) is 4.39. The number of ether oxygens (including phenoxy) is 3. The second-order valence-corrected chi connectivity index (χ2v) is 8.63. The van der Waals surface area contributed by atoms with Crippen LogP contribution in [0.3, 0.4) is 0 Å². The van der Waals surface area contributed by atoms with Crippen LogP contribution < -0.4 is 10.1 Å². The molecule has 34 heavy (non-hydrogen) atoms. The molecule has 0 unspecified atom stereocenters. The van der Waals surface area contributed by atoms with Crippen molar-refractivity contribution in [3.63, 3.8) is 0 Å². The fourth-order valence-corrected chi connectivity index (χ4v) is 4.39. The van der Waals surface area contributed by atoms with E-state index >= 15 is 0 Å². The second-order valence-electron chi connectivity index (χ2n) is 8.63. The molecule has 2 aliphatic rings. The molecule has 3 rings (SSSR count). The van der Waals surface area contributed by atoms with E-state index in [1.54, 1.807) is 12.0 Å². The topological polar surface area (TPSA) is 97.4 Å². The summed E-state index contributed by atoms with van der Waals surface area (Å²) in [6.45, 7) is 2.50. The van der Waals surface area contributed by atoms with Crippen LogP contribution in [0.2, 0.25) is 0 Å². The van der Waals surface area contributed by atoms with Gasteiger partial charge in [0.25, 0.3) is 0 Å². The number of carbonyl (C=O) groups excluding carboxylic acids is 3. The number of nitrogens with zero attached hydrogens (tertiary/aromatic N) is 2. The third-order valence-corrected chi connectivity index (χ3v) is 6.23. The SMILES string of the molecule is COCCNC(=O)C[C@@H]1CCN2C[C@@H]1C=CCOc1ccccc1CN(C(=O)COC)CC2=O. The zero-order chi connectivity index (χ0) is 24.3. The average molecular weight is 474 g/mol. The second kappa shape index (κ2) is 13.1. The molecule has 9 heteroatoms. The highest BCUT2D eigenvalue weighted by Gasteiger charge is 2.32. The Morgan fingerprint density at radius 3 is 2.79 bits per heavy atom. The molecule has 9 nitrogen and oxygen atoms in total. The zero-order valence-corrected chi connectivity index (χ0v) is 20.0. The maximum absolute atomic E-state index is 13.2. The molecule has 0 aliphatic carbocycles. The zero-order valence-electron chi connectivity index (χ0n) is 20.0. The first kappa shape index (κ1) is 25.7. The number of carbonyl (C=O) groups is 3. The predicted octanol–water partition coefficient (Wildman–Crippen LogP) is 1.23. The highest BCUT2D eigenvalue weighted by atomic mass is 16.5. The third-order valence-electron chi connectivity index (χ3n) is 6.23. The van der Waals surface area contributed by atoms with Crippen LogP contribution in [0.1, 0.15) is 18.4 Å². The van der Waals surface area contributed by atoms with Gasteiger partial charge in [-0.1, -0.05) is 30.4 Å². The van der Waals surface area contributed by atoms with Gasteiger partial charge in [0.2, 0.25) is 17.7 Å². The number of amides is 3. The molecule has 1 saturated heterocycles. The number of methoxy groups -OCH3 is 2. The summed E-state index contributed by atoms with van der Waals surface area (Å²) in [7, 11) is 3.06. The Labute approximate surface area is 201 Å². The highest BCUT2D eigenvalue weighted by molar-refractivity contribution is 5.85. The van der Waals surface area contributed by atoms with Crippen molar-refractivity contribution in [1.82, 2.24) is 15.1 Å². The Morgan fingerprint density at radius 2 is 2.00 bits per heavy atom. The number of hydrogen-bond donors (Lipinski definition) is 1. The molecule has 0 saturated carbocycles. The lowest BCUT2D eigenvalue weighted by molar-refractivity contribution is -0.144. The largest absolute Gasteiger partial charge is 0.489 e. The number of para-hydroxylation sites is 1. The molecule has 1 aromatic carbocycles. The van der Waals surface area contributed by atoms with Gasteiger partial charge in [-0.05, 0) is 24.3 Å². The van der Waals surface area contributed by atoms with Crippen LogP contribution in [0.15, 0.2) is 36.4 Å². The van der Waals surface area contributed by atoms with Gasteiger partial charge >= 0.3 is 0 Å². The number of fused-ring (bicyclic) bond motifs is 3. The Hall–Kier alpha value is -2.91. The van der Waals surface area contributed by atoms with Gasteiger partial charge in [0.1, 0.15) is 25.5 Å². The molecule has 0 radical (unpaired) electrons. The van der Waals surface area contributed by atoms with E-state index in [1.807, 2.05) is 30.3 Å². The summed E-state index contributed by atoms with van der Waals surface area (Å²) >= 11 is 0. The van der Waals surface area contributed by atoms with Crippen molar-refractivity contribution in [3.05, 3.63) is 42.0 Å². The Bertz CT molecular complexity index is 874. The van der Waals surface area contributed by atoms with Crippen LogP contribution in [0, 0.1) is 11.8 Å². The monoisotopic (exact) mass is 473 g/mol. The van der Waals surface area contributed by atoms with E-state index in [2.05, 4.69) is 11.4 Å². The van der Waals surface area contributed by atoms with Gasteiger partial charge in [0.15, 0.2) is 0 Å². The van der Waals surface area contributed by atoms with E-state index in [-0.39, 0.29) is 49.3 Å². The quantitative estimate of drug-likeness (QED) is 0.473. The molecule has 2 bridgehead atoms. The number of piperidine rings is 1. The van der Waals surface area contributed by atoms with E-state index in [1.165, 1.54) is 12.0 Å². The van der Waals surface area contributed by atoms with Gasteiger partial charge in [-0.25, -0.2) is 0 Å². The maximum Gasteiger partial charge on any atom is 0.249 e. The van der Waals surface area contributed by atoms with Crippen molar-refractivity contribution < 1.29 is 28.6 Å². The van der Waals surface area contributed by atoms with Gasteiger partial charge in [-0.2, -0.15) is 0 Å². The summed E-state index contributed by atoms with van der Waals surface area (Å²) in [5, 5.41) is 2.88. The van der Waals surface area contributed by atoms with Crippen molar-refractivity contribution in [2.45, 2.75) is 19.4 Å². The molecule has 186 valence electrons. The van der Waals surface area contributed by atoms with Gasteiger partial charge in [0.05, 0.1) is 6.61 Å². The highest BCUT2D eigenvalue weighted by Crippen LogP contribution is 2.29. The number of hydrogen-bond acceptors (Lipinski definition) is 6. The van der Waals surface area contributed by atoms with Crippen LogP contribution in [-0.2, 0) is 30.4 Å². The van der Waals surface area contributed by atoms with Gasteiger partial charge in [-0.15, -0.1) is 0 Å². The van der Waals surface area contributed by atoms with Crippen LogP contribution in [0.5, 0.6) is 5.75 Å². The molecule has 2 heterocycles. The van der Waals surface area contributed by atoms with E-state index in [0.29, 0.717) is 51.4 Å². The first-order valence-corrected chi connectivity index (χ1v) is 11.7. The van der Waals surface area contributed by atoms with Crippen molar-refractivity contribution in [2.75, 3.05) is 60.2 Å². The standard InChI is InChI=1S/C25H35N3O6/c1-32-13-10-26-23(29)14-19-9-11-27-15-20(19)7-5-12-34-22-8-4-3-6-21(22)16-28(17-24(27)30)25(31)18-33-2/h3-8,19-20H,9-18H2,1-2H3,(H,26,29)/t19-,20-/m0/s1. The minimum Gasteiger partial charge on any atom is -0.489 e. The molecule has 0 spiro atoms. The number of nitrogens with one attached hydrogen (secondary N) is 1. The van der Waals surface area contributed by atoms with E-state index < -0.39 is 0 Å². The van der Waals surface area contributed by atoms with Crippen molar-refractivity contribution in [2.24, 2.45) is 11.8 Å². The summed E-state index contributed by atoms with van der Waals surface area (Å²) in [4.78, 5) is 41.6. The van der Waals surface area contributed by atoms with Crippen molar-refractivity contribution in [1.29, 1.82) is 0 Å². The van der Waals surface area contributed by atoms with Crippen molar-refractivity contribution in [3.8, 4) is 5.75 Å². The lowest BCUT2D eigenvalue weighted by Crippen LogP contribution is -2.49. The molecule has 1 aromatic rings. The van der Waals surface area contributed by atoms with E-state index in [4.69, 9.17) is 14.2 Å². The normalized spacial score (nSPS) is 20.9. The summed E-state index contributed by atoms with van der Waals surface area (Å²) in [6.07, 6.45) is 5.12. The first-order chi connectivity index (χ1) is 16.5. The molecule has 3 amide bonds. The van der Waals surface area contributed by atoms with Gasteiger partial charge < -0.3 is 29.3 Å². The molecule has 1 N–H and O–H groups in total. The smallest absolute Gasteiger partial charge is 0.249 e. The lowest BCUT2D eigenvalue weighted by Gasteiger charge is -2.38. The van der Waals surface area contributed by atoms with E-state index in [0.717, 1.165) is 5.56 Å². The lowest BCUT2D eigenvalue weighted by atomic mass is 9.82. The fraction of sp³-hybridized carbons (Fsp3) is 0.560. The molecule has 0 aromatic heterocycles. The molecular weight excluding hydrogens is 438 g/mol.